The summed E-state index contributed by atoms with van der Waals surface area (Å²) in [6, 6.07) is 3.67. The van der Waals surface area contributed by atoms with Crippen LogP contribution in [0.25, 0.3) is 15.5 Å². The molecule has 0 spiro atoms. The normalized spacial score (nSPS) is 15.1. The van der Waals surface area contributed by atoms with Crippen molar-refractivity contribution in [2.75, 3.05) is 13.1 Å². The second-order valence-electron chi connectivity index (χ2n) is 5.67. The summed E-state index contributed by atoms with van der Waals surface area (Å²) >= 11 is 8.79. The van der Waals surface area contributed by atoms with E-state index in [1.54, 1.807) is 11.0 Å². The summed E-state index contributed by atoms with van der Waals surface area (Å²) in [5.74, 6) is -0.219. The standard InChI is InChI=1S/C16H14ClN3O2S2/c17-13-5-4-12(24-13)11-9-23-16-18-8-10(15(22)20(11)16)14(21)19-6-2-1-3-7-19/h4-5,8-9H,1-3,6-7H2. The Hall–Kier alpha value is -1.70. The van der Waals surface area contributed by atoms with Gasteiger partial charge < -0.3 is 4.90 Å². The fourth-order valence-corrected chi connectivity index (χ4v) is 4.90. The van der Waals surface area contributed by atoms with E-state index >= 15 is 0 Å². The quantitative estimate of drug-likeness (QED) is 0.681. The molecule has 0 saturated carbocycles. The van der Waals surface area contributed by atoms with E-state index < -0.39 is 0 Å². The van der Waals surface area contributed by atoms with Gasteiger partial charge >= 0.3 is 0 Å². The highest BCUT2D eigenvalue weighted by molar-refractivity contribution is 7.20. The number of fused-ring (bicyclic) bond motifs is 1. The first kappa shape index (κ1) is 15.8. The third-order valence-corrected chi connectivity index (χ3v) is 6.24. The number of thiophene rings is 1. The Bertz CT molecular complexity index is 969. The summed E-state index contributed by atoms with van der Waals surface area (Å²) in [6.45, 7) is 1.41. The van der Waals surface area contributed by atoms with Crippen molar-refractivity contribution in [2.45, 2.75) is 19.3 Å². The van der Waals surface area contributed by atoms with E-state index in [0.717, 1.165) is 29.8 Å². The third kappa shape index (κ3) is 2.66. The highest BCUT2D eigenvalue weighted by atomic mass is 35.5. The van der Waals surface area contributed by atoms with Crippen molar-refractivity contribution in [1.29, 1.82) is 0 Å². The fraction of sp³-hybridized carbons (Fsp3) is 0.312. The smallest absolute Gasteiger partial charge is 0.271 e. The zero-order chi connectivity index (χ0) is 16.7. The predicted molar refractivity (Wildman–Crippen MR) is 97.4 cm³/mol. The van der Waals surface area contributed by atoms with E-state index in [-0.39, 0.29) is 17.0 Å². The number of aromatic nitrogens is 2. The van der Waals surface area contributed by atoms with Gasteiger partial charge in [0.2, 0.25) is 0 Å². The van der Waals surface area contributed by atoms with Gasteiger partial charge in [-0.1, -0.05) is 11.6 Å². The van der Waals surface area contributed by atoms with E-state index in [1.807, 2.05) is 11.4 Å². The molecule has 8 heteroatoms. The van der Waals surface area contributed by atoms with E-state index in [2.05, 4.69) is 4.98 Å². The number of hydrogen-bond donors (Lipinski definition) is 0. The molecule has 3 aromatic rings. The molecule has 24 heavy (non-hydrogen) atoms. The number of carbonyl (C=O) groups excluding carboxylic acids is 1. The molecule has 1 saturated heterocycles. The summed E-state index contributed by atoms with van der Waals surface area (Å²) < 4.78 is 2.18. The number of rotatable bonds is 2. The summed E-state index contributed by atoms with van der Waals surface area (Å²) in [7, 11) is 0. The highest BCUT2D eigenvalue weighted by Crippen LogP contribution is 2.32. The number of amides is 1. The van der Waals surface area contributed by atoms with E-state index in [4.69, 9.17) is 11.6 Å². The van der Waals surface area contributed by atoms with Crippen LogP contribution in [0.1, 0.15) is 29.6 Å². The lowest BCUT2D eigenvalue weighted by molar-refractivity contribution is 0.0722. The van der Waals surface area contributed by atoms with Crippen molar-refractivity contribution < 1.29 is 4.79 Å². The third-order valence-electron chi connectivity index (χ3n) is 4.15. The van der Waals surface area contributed by atoms with Gasteiger partial charge in [0.25, 0.3) is 11.5 Å². The van der Waals surface area contributed by atoms with E-state index in [0.29, 0.717) is 22.4 Å². The van der Waals surface area contributed by atoms with Gasteiger partial charge in [-0.2, -0.15) is 0 Å². The van der Waals surface area contributed by atoms with Gasteiger partial charge in [-0.15, -0.1) is 22.7 Å². The molecule has 1 aliphatic heterocycles. The summed E-state index contributed by atoms with van der Waals surface area (Å²) in [4.78, 5) is 33.2. The van der Waals surface area contributed by atoms with Crippen LogP contribution < -0.4 is 5.56 Å². The van der Waals surface area contributed by atoms with Crippen LogP contribution in [0.5, 0.6) is 0 Å². The number of piperidine rings is 1. The number of thiazole rings is 1. The zero-order valence-electron chi connectivity index (χ0n) is 12.7. The van der Waals surface area contributed by atoms with Gasteiger partial charge in [-0.3, -0.25) is 9.59 Å². The van der Waals surface area contributed by atoms with Gasteiger partial charge in [-0.25, -0.2) is 9.38 Å². The fourth-order valence-electron chi connectivity index (χ4n) is 2.93. The van der Waals surface area contributed by atoms with Crippen LogP contribution in [-0.4, -0.2) is 33.3 Å². The van der Waals surface area contributed by atoms with Crippen LogP contribution in [0, 0.1) is 0 Å². The van der Waals surface area contributed by atoms with E-state index in [1.165, 1.54) is 33.3 Å². The van der Waals surface area contributed by atoms with Gasteiger partial charge in [-0.05, 0) is 31.4 Å². The highest BCUT2D eigenvalue weighted by Gasteiger charge is 2.23. The van der Waals surface area contributed by atoms with E-state index in [9.17, 15) is 9.59 Å². The monoisotopic (exact) mass is 379 g/mol. The molecule has 0 atom stereocenters. The second-order valence-corrected chi connectivity index (χ2v) is 8.22. The molecular weight excluding hydrogens is 366 g/mol. The Kier molecular flexibility index (Phi) is 4.15. The molecule has 124 valence electrons. The first-order chi connectivity index (χ1) is 11.6. The summed E-state index contributed by atoms with van der Waals surface area (Å²) in [6.07, 6.45) is 4.52. The van der Waals surface area contributed by atoms with Crippen molar-refractivity contribution in [3.05, 3.63) is 44.0 Å². The van der Waals surface area contributed by atoms with Gasteiger partial charge in [0.1, 0.15) is 5.56 Å². The number of carbonyl (C=O) groups is 1. The molecule has 4 rings (SSSR count). The lowest BCUT2D eigenvalue weighted by atomic mass is 10.1. The molecule has 0 aromatic carbocycles. The van der Waals surface area contributed by atoms with Crippen molar-refractivity contribution >= 4 is 45.1 Å². The Morgan fingerprint density at radius 1 is 1.21 bits per heavy atom. The van der Waals surface area contributed by atoms with Crippen molar-refractivity contribution in [1.82, 2.24) is 14.3 Å². The largest absolute Gasteiger partial charge is 0.338 e. The second kappa shape index (κ2) is 6.31. The number of hydrogen-bond acceptors (Lipinski definition) is 5. The van der Waals surface area contributed by atoms with Crippen LogP contribution >= 0.6 is 34.3 Å². The maximum absolute atomic E-state index is 12.9. The van der Waals surface area contributed by atoms with Gasteiger partial charge in [0.05, 0.1) is 14.9 Å². The molecule has 0 bridgehead atoms. The van der Waals surface area contributed by atoms with Crippen LogP contribution in [0.2, 0.25) is 4.34 Å². The van der Waals surface area contributed by atoms with Crippen molar-refractivity contribution in [3.63, 3.8) is 0 Å². The maximum atomic E-state index is 12.9. The molecule has 4 heterocycles. The summed E-state index contributed by atoms with van der Waals surface area (Å²) in [5, 5.41) is 1.88. The minimum absolute atomic E-state index is 0.136. The minimum atomic E-state index is -0.309. The molecule has 1 aliphatic rings. The molecule has 5 nitrogen and oxygen atoms in total. The van der Waals surface area contributed by atoms with Crippen LogP contribution in [0.3, 0.4) is 0 Å². The first-order valence-electron chi connectivity index (χ1n) is 7.69. The Labute approximate surface area is 151 Å². The molecule has 0 aliphatic carbocycles. The molecule has 0 unspecified atom stereocenters. The first-order valence-corrected chi connectivity index (χ1v) is 9.77. The molecule has 1 fully saturated rings. The number of nitrogens with zero attached hydrogens (tertiary/aromatic N) is 3. The van der Waals surface area contributed by atoms with Crippen LogP contribution in [-0.2, 0) is 0 Å². The van der Waals surface area contributed by atoms with Crippen molar-refractivity contribution in [3.8, 4) is 10.6 Å². The minimum Gasteiger partial charge on any atom is -0.338 e. The lowest BCUT2D eigenvalue weighted by Gasteiger charge is -2.26. The molecule has 1 amide bonds. The average Bonchev–Trinajstić information content (AvgIpc) is 3.22. The summed E-state index contributed by atoms with van der Waals surface area (Å²) in [5.41, 5.74) is 0.561. The van der Waals surface area contributed by atoms with Crippen LogP contribution in [0.15, 0.2) is 28.5 Å². The topological polar surface area (TPSA) is 54.7 Å². The van der Waals surface area contributed by atoms with Gasteiger partial charge in [0.15, 0.2) is 4.96 Å². The molecular formula is C16H14ClN3O2S2. The zero-order valence-corrected chi connectivity index (χ0v) is 15.1. The number of halogens is 1. The molecule has 0 N–H and O–H groups in total. The van der Waals surface area contributed by atoms with Crippen molar-refractivity contribution in [2.24, 2.45) is 0 Å². The Morgan fingerprint density at radius 3 is 2.71 bits per heavy atom. The number of likely N-dealkylation sites (tertiary alicyclic amines) is 1. The lowest BCUT2D eigenvalue weighted by Crippen LogP contribution is -2.39. The van der Waals surface area contributed by atoms with Crippen LogP contribution in [0.4, 0.5) is 0 Å². The molecule has 3 aromatic heterocycles. The average molecular weight is 380 g/mol. The predicted octanol–water partition coefficient (Wildman–Crippen LogP) is 3.76. The Morgan fingerprint density at radius 2 is 2.00 bits per heavy atom. The van der Waals surface area contributed by atoms with Gasteiger partial charge in [0, 0.05) is 24.7 Å². The Balaban J connectivity index is 1.82. The maximum Gasteiger partial charge on any atom is 0.271 e. The molecule has 0 radical (unpaired) electrons. The SMILES string of the molecule is O=C(c1cnc2scc(-c3ccc(Cl)s3)n2c1=O)N1CCCCC1.